The van der Waals surface area contributed by atoms with Gasteiger partial charge in [0.1, 0.15) is 35.8 Å². The number of ketones is 1. The number of esters is 2. The molecule has 17 rings (SSSR count). The molecular formula is C66H82N2O11. The van der Waals surface area contributed by atoms with E-state index in [4.69, 9.17) is 23.4 Å². The first kappa shape index (κ1) is 49.7. The van der Waals surface area contributed by atoms with E-state index in [0.29, 0.717) is 42.9 Å². The highest BCUT2D eigenvalue weighted by molar-refractivity contribution is 5.94. The van der Waals surface area contributed by atoms with Gasteiger partial charge >= 0.3 is 11.9 Å². The number of Topliss-reactive ketones (excluding diaryl/α,β-unsaturated/α-hetero) is 1. The molecule has 13 nitrogen and oxygen atoms in total. The third kappa shape index (κ3) is 5.70. The zero-order valence-corrected chi connectivity index (χ0v) is 46.3. The standard InChI is InChI=1S/C66H82N2O11/c1-59-30-40-31-62-41(16-22-61(62)19-6-7-20-61)28-43-15-21-60(2)52-50(71)54(72)64(42-12-8-11-37(26-42)25-36-9-4-3-5-10-36,51(40)63(52)34-76-57(73)53(62)65(43,63)79-60)66(59)56(78-66)58(74)77-55(59)45-18-24-75-49(45)29-46(48(70)33-69)38-13-14-44-39(27-38)17-23-68-35-67-32-47(44)68/h3-5,9-10,15,17-18,23-24,37-42,44,46-48,51-56,67,69-70,72H,6-8,11-14,16,19-22,25-35H2,1-2H3. The highest BCUT2D eigenvalue weighted by atomic mass is 16.7. The number of aliphatic hydroxyl groups excluding tert-OH is 3. The van der Waals surface area contributed by atoms with Gasteiger partial charge in [-0.05, 0) is 184 Å². The van der Waals surface area contributed by atoms with Gasteiger partial charge in [-0.3, -0.25) is 14.9 Å². The number of nitrogens with zero attached hydrogens (tertiary/aromatic N) is 1. The number of fused-ring (bicyclic) bond motifs is 5. The van der Waals surface area contributed by atoms with Crippen molar-refractivity contribution in [1.29, 1.82) is 0 Å². The summed E-state index contributed by atoms with van der Waals surface area (Å²) in [6.45, 7) is 5.91. The summed E-state index contributed by atoms with van der Waals surface area (Å²) in [5.41, 5.74) is -4.06. The van der Waals surface area contributed by atoms with Crippen LogP contribution in [0, 0.1) is 92.2 Å². The summed E-state index contributed by atoms with van der Waals surface area (Å²) in [6.07, 6.45) is 21.1. The number of hydrogen-bond donors (Lipinski definition) is 4. The summed E-state index contributed by atoms with van der Waals surface area (Å²) in [4.78, 5) is 50.5. The number of ether oxygens (including phenoxy) is 4. The Hall–Kier alpha value is -3.85. The Labute approximate surface area is 464 Å². The van der Waals surface area contributed by atoms with E-state index in [9.17, 15) is 15.3 Å². The average Bonchev–Trinajstić information content (AvgIpc) is 1.48. The molecule has 8 saturated carbocycles. The van der Waals surface area contributed by atoms with E-state index in [1.807, 2.05) is 6.07 Å². The molecule has 23 atom stereocenters. The second kappa shape index (κ2) is 16.5. The Bertz CT molecular complexity index is 2970. The van der Waals surface area contributed by atoms with E-state index in [2.05, 4.69) is 72.7 Å². The minimum Gasteiger partial charge on any atom is -0.469 e. The molecule has 5 spiro atoms. The van der Waals surface area contributed by atoms with Crippen LogP contribution in [-0.4, -0.2) is 106 Å². The summed E-state index contributed by atoms with van der Waals surface area (Å²) in [6, 6.07) is 13.1. The van der Waals surface area contributed by atoms with Crippen molar-refractivity contribution >= 4 is 17.7 Å². The Morgan fingerprint density at radius 3 is 2.57 bits per heavy atom. The summed E-state index contributed by atoms with van der Waals surface area (Å²) < 4.78 is 36.2. The van der Waals surface area contributed by atoms with Crippen molar-refractivity contribution in [2.24, 2.45) is 92.2 Å². The molecule has 15 aliphatic rings. The molecule has 0 radical (unpaired) electrons. The van der Waals surface area contributed by atoms with E-state index in [1.54, 1.807) is 6.26 Å². The second-order valence-electron chi connectivity index (χ2n) is 29.7. The van der Waals surface area contributed by atoms with E-state index in [-0.39, 0.29) is 71.8 Å². The van der Waals surface area contributed by atoms with Crippen LogP contribution < -0.4 is 5.32 Å². The Balaban J connectivity index is 0.858. The largest absolute Gasteiger partial charge is 0.469 e. The molecular weight excluding hydrogens is 997 g/mol. The summed E-state index contributed by atoms with van der Waals surface area (Å²) in [5, 5.41) is 40.7. The number of furan rings is 1. The molecule has 1 aromatic carbocycles. The van der Waals surface area contributed by atoms with Crippen LogP contribution in [0.4, 0.5) is 0 Å². The summed E-state index contributed by atoms with van der Waals surface area (Å²) in [7, 11) is 0. The fourth-order valence-corrected chi connectivity index (χ4v) is 25.4. The van der Waals surface area contributed by atoms with Gasteiger partial charge in [0, 0.05) is 35.4 Å². The van der Waals surface area contributed by atoms with E-state index >= 15 is 14.4 Å². The third-order valence-electron chi connectivity index (χ3n) is 27.4. The van der Waals surface area contributed by atoms with Crippen molar-refractivity contribution < 1.29 is 53.1 Å². The molecule has 422 valence electrons. The zero-order valence-electron chi connectivity index (χ0n) is 46.3. The number of hydrogen-bond acceptors (Lipinski definition) is 13. The van der Waals surface area contributed by atoms with Gasteiger partial charge in [0.25, 0.3) is 0 Å². The number of rotatable bonds is 9. The summed E-state index contributed by atoms with van der Waals surface area (Å²) >= 11 is 0. The van der Waals surface area contributed by atoms with Crippen molar-refractivity contribution in [3.8, 4) is 0 Å². The molecule has 8 heterocycles. The Morgan fingerprint density at radius 1 is 0.886 bits per heavy atom. The highest BCUT2D eigenvalue weighted by Crippen LogP contribution is 2.91. The molecule has 1 aromatic heterocycles. The van der Waals surface area contributed by atoms with Crippen LogP contribution >= 0.6 is 0 Å². The van der Waals surface area contributed by atoms with Crippen LogP contribution in [-0.2, 0) is 46.2 Å². The fourth-order valence-electron chi connectivity index (χ4n) is 25.4. The van der Waals surface area contributed by atoms with E-state index in [0.717, 1.165) is 122 Å². The molecule has 23 unspecified atom stereocenters. The van der Waals surface area contributed by atoms with Gasteiger partial charge < -0.3 is 43.6 Å². The molecule has 8 aliphatic carbocycles. The predicted molar refractivity (Wildman–Crippen MR) is 287 cm³/mol. The third-order valence-corrected chi connectivity index (χ3v) is 27.4. The number of epoxide rings is 1. The van der Waals surface area contributed by atoms with Gasteiger partial charge in [-0.15, -0.1) is 0 Å². The second-order valence-corrected chi connectivity index (χ2v) is 29.7. The molecule has 2 aromatic rings. The number of allylic oxidation sites excluding steroid dienone is 1. The Kier molecular flexibility index (Phi) is 10.4. The number of carbonyl (C=O) groups is 3. The molecule has 5 bridgehead atoms. The number of cyclic esters (lactones) is 2. The first-order valence-corrected chi connectivity index (χ1v) is 31.5. The quantitative estimate of drug-likeness (QED) is 0.107. The van der Waals surface area contributed by atoms with Crippen LogP contribution in [0.3, 0.4) is 0 Å². The van der Waals surface area contributed by atoms with Crippen LogP contribution in [0.1, 0.15) is 146 Å². The van der Waals surface area contributed by atoms with Crippen molar-refractivity contribution in [3.63, 3.8) is 0 Å². The molecule has 13 fully saturated rings. The molecule has 4 N–H and O–H groups in total. The Morgan fingerprint density at radius 2 is 1.73 bits per heavy atom. The average molecular weight is 1080 g/mol. The van der Waals surface area contributed by atoms with Crippen LogP contribution in [0.2, 0.25) is 0 Å². The normalized spacial score (nSPS) is 51.2. The lowest BCUT2D eigenvalue weighted by Crippen LogP contribution is -2.82. The number of carbonyl (C=O) groups excluding carboxylic acids is 3. The predicted octanol–water partition coefficient (Wildman–Crippen LogP) is 8.34. The van der Waals surface area contributed by atoms with Crippen molar-refractivity contribution in [1.82, 2.24) is 10.2 Å². The van der Waals surface area contributed by atoms with Gasteiger partial charge in [-0.25, -0.2) is 4.79 Å². The summed E-state index contributed by atoms with van der Waals surface area (Å²) in [5.74, 6) is -1.08. The molecule has 79 heavy (non-hydrogen) atoms. The van der Waals surface area contributed by atoms with Crippen LogP contribution in [0.5, 0.6) is 0 Å². The van der Waals surface area contributed by atoms with Gasteiger partial charge in [0.05, 0.1) is 48.5 Å². The minimum atomic E-state index is -1.48. The maximum absolute atomic E-state index is 16.8. The van der Waals surface area contributed by atoms with Gasteiger partial charge in [-0.2, -0.15) is 0 Å². The van der Waals surface area contributed by atoms with Crippen molar-refractivity contribution in [3.05, 3.63) is 83.5 Å². The smallest absolute Gasteiger partial charge is 0.339 e. The molecule has 5 saturated heterocycles. The molecule has 0 amide bonds. The first-order chi connectivity index (χ1) is 38.2. The fraction of sp³-hybridized carbons (Fsp3) is 0.742. The topological polar surface area (TPSA) is 181 Å². The van der Waals surface area contributed by atoms with Crippen molar-refractivity contribution in [2.45, 2.75) is 183 Å². The lowest BCUT2D eigenvalue weighted by Gasteiger charge is -2.73. The van der Waals surface area contributed by atoms with Crippen LogP contribution in [0.25, 0.3) is 0 Å². The lowest BCUT2D eigenvalue weighted by molar-refractivity contribution is -0.301. The van der Waals surface area contributed by atoms with Gasteiger partial charge in [0.2, 0.25) is 0 Å². The van der Waals surface area contributed by atoms with Crippen molar-refractivity contribution in [2.75, 3.05) is 26.4 Å². The maximum Gasteiger partial charge on any atom is 0.339 e. The minimum absolute atomic E-state index is 0.0510. The molecule has 13 heteroatoms. The van der Waals surface area contributed by atoms with E-state index < -0.39 is 80.7 Å². The highest BCUT2D eigenvalue weighted by Gasteiger charge is 2.99. The number of aliphatic hydroxyl groups is 3. The van der Waals surface area contributed by atoms with E-state index in [1.165, 1.54) is 11.1 Å². The maximum atomic E-state index is 16.8. The monoisotopic (exact) mass is 1080 g/mol. The lowest BCUT2D eigenvalue weighted by atomic mass is 9.30. The van der Waals surface area contributed by atoms with Crippen LogP contribution in [0.15, 0.2) is 71.0 Å². The SMILES string of the molecule is CC12CC=C3CC4CCC5(CCCC5)C45CC4CC6(C)C(c7ccoc7CC(C(O)CO)C7CCC8C(C=CN9CNCC89)C7)OC(=O)C7OC76C6(C7CCCC(Cc8ccccc8)C7)C(O)C(=O)C1C1(COC(=O)C5C31O2)C46. The zero-order chi connectivity index (χ0) is 53.4. The number of benzene rings is 1. The molecule has 7 aliphatic heterocycles. The van der Waals surface area contributed by atoms with Gasteiger partial charge in [-0.1, -0.05) is 75.1 Å². The van der Waals surface area contributed by atoms with Gasteiger partial charge in [0.15, 0.2) is 11.9 Å². The first-order valence-electron chi connectivity index (χ1n) is 31.5. The number of nitrogens with one attached hydrogen (secondary N) is 1.